The molecule has 1 N–H and O–H groups in total. The van der Waals surface area contributed by atoms with Gasteiger partial charge < -0.3 is 4.74 Å². The molecule has 0 unspecified atom stereocenters. The topological polar surface area (TPSA) is 84.9 Å². The van der Waals surface area contributed by atoms with Crippen molar-refractivity contribution in [2.45, 2.75) is 5.16 Å². The Morgan fingerprint density at radius 2 is 2.00 bits per heavy atom. The molecule has 0 saturated heterocycles. The van der Waals surface area contributed by atoms with E-state index in [9.17, 15) is 8.42 Å². The number of rotatable bonds is 3. The van der Waals surface area contributed by atoms with E-state index in [2.05, 4.69) is 15.2 Å². The van der Waals surface area contributed by atoms with Crippen LogP contribution in [-0.4, -0.2) is 37.0 Å². The third-order valence-corrected chi connectivity index (χ3v) is 3.05. The van der Waals surface area contributed by atoms with E-state index in [0.29, 0.717) is 17.1 Å². The number of H-pyrrole nitrogens is 1. The summed E-state index contributed by atoms with van der Waals surface area (Å²) in [6.45, 7) is 0. The van der Waals surface area contributed by atoms with Gasteiger partial charge in [0.25, 0.3) is 0 Å². The van der Waals surface area contributed by atoms with E-state index in [-0.39, 0.29) is 5.16 Å². The summed E-state index contributed by atoms with van der Waals surface area (Å²) < 4.78 is 27.7. The molecule has 0 radical (unpaired) electrons. The van der Waals surface area contributed by atoms with Gasteiger partial charge in [0.2, 0.25) is 15.0 Å². The predicted octanol–water partition coefficient (Wildman–Crippen LogP) is 0.884. The molecule has 90 valence electrons. The molecule has 2 rings (SSSR count). The lowest BCUT2D eigenvalue weighted by Crippen LogP contribution is -1.99. The maximum atomic E-state index is 11.3. The van der Waals surface area contributed by atoms with Crippen molar-refractivity contribution in [3.63, 3.8) is 0 Å². The molecule has 2 aromatic rings. The van der Waals surface area contributed by atoms with Gasteiger partial charge >= 0.3 is 0 Å². The fourth-order valence-electron chi connectivity index (χ4n) is 1.36. The van der Waals surface area contributed by atoms with Crippen LogP contribution >= 0.6 is 0 Å². The Morgan fingerprint density at radius 1 is 1.29 bits per heavy atom. The fraction of sp³-hybridized carbons (Fsp3) is 0.200. The van der Waals surface area contributed by atoms with Crippen LogP contribution in [-0.2, 0) is 9.84 Å². The SMILES string of the molecule is COc1ccccc1-c1n[nH]c(S(C)(=O)=O)n1. The highest BCUT2D eigenvalue weighted by Gasteiger charge is 2.16. The van der Waals surface area contributed by atoms with Crippen LogP contribution in [0, 0.1) is 0 Å². The van der Waals surface area contributed by atoms with Crippen molar-refractivity contribution in [2.75, 3.05) is 13.4 Å². The minimum absolute atomic E-state index is 0.154. The van der Waals surface area contributed by atoms with Gasteiger partial charge in [-0.1, -0.05) is 12.1 Å². The van der Waals surface area contributed by atoms with Crippen molar-refractivity contribution in [2.24, 2.45) is 0 Å². The third-order valence-electron chi connectivity index (χ3n) is 2.16. The number of para-hydroxylation sites is 1. The van der Waals surface area contributed by atoms with Gasteiger partial charge in [-0.3, -0.25) is 0 Å². The summed E-state index contributed by atoms with van der Waals surface area (Å²) in [6.07, 6.45) is 1.07. The number of benzene rings is 1. The standard InChI is InChI=1S/C10H11N3O3S/c1-16-8-6-4-3-5-7(8)9-11-10(13-12-9)17(2,14)15/h3-6H,1-2H3,(H,11,12,13). The second-order valence-electron chi connectivity index (χ2n) is 3.44. The molecule has 0 atom stereocenters. The molecule has 1 heterocycles. The molecule has 0 aliphatic carbocycles. The quantitative estimate of drug-likeness (QED) is 0.877. The van der Waals surface area contributed by atoms with E-state index >= 15 is 0 Å². The fourth-order valence-corrected chi connectivity index (χ4v) is 1.83. The molecule has 0 saturated carbocycles. The van der Waals surface area contributed by atoms with Gasteiger partial charge in [-0.05, 0) is 12.1 Å². The minimum Gasteiger partial charge on any atom is -0.496 e. The van der Waals surface area contributed by atoms with E-state index in [4.69, 9.17) is 4.74 Å². The number of aromatic amines is 1. The minimum atomic E-state index is -3.38. The lowest BCUT2D eigenvalue weighted by atomic mass is 10.2. The van der Waals surface area contributed by atoms with Crippen LogP contribution in [0.3, 0.4) is 0 Å². The van der Waals surface area contributed by atoms with E-state index in [1.54, 1.807) is 18.2 Å². The molecule has 0 aliphatic rings. The molecule has 6 nitrogen and oxygen atoms in total. The second-order valence-corrected chi connectivity index (χ2v) is 5.37. The lowest BCUT2D eigenvalue weighted by molar-refractivity contribution is 0.416. The summed E-state index contributed by atoms with van der Waals surface area (Å²) in [7, 11) is -1.85. The Balaban J connectivity index is 2.51. The Kier molecular flexibility index (Phi) is 2.84. The van der Waals surface area contributed by atoms with Crippen molar-refractivity contribution >= 4 is 9.84 Å². The molecule has 7 heteroatoms. The molecule has 0 aliphatic heterocycles. The maximum Gasteiger partial charge on any atom is 0.243 e. The maximum absolute atomic E-state index is 11.3. The first-order valence-corrected chi connectivity index (χ1v) is 6.67. The average molecular weight is 253 g/mol. The highest BCUT2D eigenvalue weighted by atomic mass is 32.2. The highest BCUT2D eigenvalue weighted by Crippen LogP contribution is 2.26. The van der Waals surface area contributed by atoms with Crippen LogP contribution in [0.1, 0.15) is 0 Å². The molecule has 1 aromatic heterocycles. The molecular formula is C10H11N3O3S. The van der Waals surface area contributed by atoms with E-state index in [0.717, 1.165) is 6.26 Å². The Bertz CT molecular complexity index is 634. The summed E-state index contributed by atoms with van der Waals surface area (Å²) in [5.74, 6) is 0.884. The largest absolute Gasteiger partial charge is 0.496 e. The summed E-state index contributed by atoms with van der Waals surface area (Å²) >= 11 is 0. The number of hydrogen-bond acceptors (Lipinski definition) is 5. The molecule has 0 amide bonds. The third kappa shape index (κ3) is 2.28. The van der Waals surface area contributed by atoms with Gasteiger partial charge in [-0.15, -0.1) is 0 Å². The van der Waals surface area contributed by atoms with Gasteiger partial charge in [-0.25, -0.2) is 13.5 Å². The molecule has 1 aromatic carbocycles. The zero-order chi connectivity index (χ0) is 12.5. The highest BCUT2D eigenvalue weighted by molar-refractivity contribution is 7.90. The summed E-state index contributed by atoms with van der Waals surface area (Å²) in [6, 6.07) is 7.13. The first-order valence-electron chi connectivity index (χ1n) is 4.78. The molecular weight excluding hydrogens is 242 g/mol. The monoisotopic (exact) mass is 253 g/mol. The van der Waals surface area contributed by atoms with E-state index in [1.807, 2.05) is 6.07 Å². The smallest absolute Gasteiger partial charge is 0.243 e. The zero-order valence-corrected chi connectivity index (χ0v) is 10.2. The summed E-state index contributed by atoms with van der Waals surface area (Å²) in [4.78, 5) is 3.93. The first-order chi connectivity index (χ1) is 8.02. The number of methoxy groups -OCH3 is 1. The summed E-state index contributed by atoms with van der Waals surface area (Å²) in [5, 5.41) is 6.10. The second kappa shape index (κ2) is 4.17. The molecule has 0 bridgehead atoms. The number of nitrogens with one attached hydrogen (secondary N) is 1. The van der Waals surface area contributed by atoms with Crippen LogP contribution < -0.4 is 4.74 Å². The normalized spacial score (nSPS) is 11.4. The Hall–Kier alpha value is -1.89. The molecule has 0 fully saturated rings. The lowest BCUT2D eigenvalue weighted by Gasteiger charge is -2.03. The first kappa shape index (κ1) is 11.6. The van der Waals surface area contributed by atoms with E-state index < -0.39 is 9.84 Å². The van der Waals surface area contributed by atoms with Crippen LogP contribution in [0.25, 0.3) is 11.4 Å². The van der Waals surface area contributed by atoms with Crippen molar-refractivity contribution in [1.82, 2.24) is 15.2 Å². The molecule has 17 heavy (non-hydrogen) atoms. The van der Waals surface area contributed by atoms with Crippen LogP contribution in [0.15, 0.2) is 29.4 Å². The number of aromatic nitrogens is 3. The van der Waals surface area contributed by atoms with Crippen LogP contribution in [0.5, 0.6) is 5.75 Å². The van der Waals surface area contributed by atoms with Crippen molar-refractivity contribution in [3.8, 4) is 17.1 Å². The number of ether oxygens (including phenoxy) is 1. The van der Waals surface area contributed by atoms with Gasteiger partial charge in [0.1, 0.15) is 5.75 Å². The van der Waals surface area contributed by atoms with E-state index in [1.165, 1.54) is 7.11 Å². The van der Waals surface area contributed by atoms with Gasteiger partial charge in [-0.2, -0.15) is 10.1 Å². The van der Waals surface area contributed by atoms with Crippen molar-refractivity contribution in [1.29, 1.82) is 0 Å². The molecule has 0 spiro atoms. The Morgan fingerprint density at radius 3 is 2.59 bits per heavy atom. The average Bonchev–Trinajstić information content (AvgIpc) is 2.77. The van der Waals surface area contributed by atoms with Gasteiger partial charge in [0.15, 0.2) is 5.82 Å². The zero-order valence-electron chi connectivity index (χ0n) is 9.34. The summed E-state index contributed by atoms with van der Waals surface area (Å²) in [5.41, 5.74) is 0.640. The number of nitrogens with zero attached hydrogens (tertiary/aromatic N) is 2. The van der Waals surface area contributed by atoms with Crippen molar-refractivity contribution in [3.05, 3.63) is 24.3 Å². The van der Waals surface area contributed by atoms with Crippen molar-refractivity contribution < 1.29 is 13.2 Å². The van der Waals surface area contributed by atoms with Crippen LogP contribution in [0.4, 0.5) is 0 Å². The predicted molar refractivity (Wildman–Crippen MR) is 61.5 cm³/mol. The number of sulfone groups is 1. The Labute approximate surface area is 98.6 Å². The van der Waals surface area contributed by atoms with Gasteiger partial charge in [0.05, 0.1) is 12.7 Å². The van der Waals surface area contributed by atoms with Crippen LogP contribution in [0.2, 0.25) is 0 Å². The van der Waals surface area contributed by atoms with Gasteiger partial charge in [0, 0.05) is 6.26 Å². The number of hydrogen-bond donors (Lipinski definition) is 1.